The Bertz CT molecular complexity index is 332. The quantitative estimate of drug-likeness (QED) is 0.618. The molecule has 1 aromatic heterocycles. The second-order valence-corrected chi connectivity index (χ2v) is 2.60. The molecule has 0 N–H and O–H groups in total. The summed E-state index contributed by atoms with van der Waals surface area (Å²) in [5, 5.41) is 0. The van der Waals surface area contributed by atoms with Crippen molar-refractivity contribution < 1.29 is 9.59 Å². The Hall–Kier alpha value is -1.51. The van der Waals surface area contributed by atoms with Crippen molar-refractivity contribution in [1.29, 1.82) is 0 Å². The van der Waals surface area contributed by atoms with E-state index >= 15 is 0 Å². The summed E-state index contributed by atoms with van der Waals surface area (Å²) in [4.78, 5) is 24.9. The smallest absolute Gasteiger partial charge is 0.168 e. The van der Waals surface area contributed by atoms with E-state index in [0.29, 0.717) is 23.1 Å². The number of rotatable bonds is 2. The third-order valence-corrected chi connectivity index (χ3v) is 1.84. The van der Waals surface area contributed by atoms with Crippen LogP contribution in [-0.2, 0) is 0 Å². The summed E-state index contributed by atoms with van der Waals surface area (Å²) in [6.45, 7) is 3.51. The molecule has 0 radical (unpaired) electrons. The Labute approximate surface area is 70.4 Å². The second-order valence-electron chi connectivity index (χ2n) is 2.60. The van der Waals surface area contributed by atoms with Crippen molar-refractivity contribution in [2.45, 2.75) is 13.8 Å². The van der Waals surface area contributed by atoms with Gasteiger partial charge >= 0.3 is 0 Å². The summed E-state index contributed by atoms with van der Waals surface area (Å²) in [7, 11) is 0. The van der Waals surface area contributed by atoms with E-state index in [0.717, 1.165) is 11.8 Å². The number of hydrogen-bond donors (Lipinski definition) is 0. The first kappa shape index (κ1) is 8.59. The van der Waals surface area contributed by atoms with Gasteiger partial charge in [0.25, 0.3) is 0 Å². The molecule has 1 heterocycles. The van der Waals surface area contributed by atoms with Crippen molar-refractivity contribution in [2.24, 2.45) is 0 Å². The minimum absolute atomic E-state index is 0.336. The maximum Gasteiger partial charge on any atom is 0.168 e. The fourth-order valence-corrected chi connectivity index (χ4v) is 1.07. The lowest BCUT2D eigenvalue weighted by molar-refractivity contribution is 0.111. The highest BCUT2D eigenvalue weighted by Gasteiger charge is 2.06. The van der Waals surface area contributed by atoms with Crippen LogP contribution in [-0.4, -0.2) is 17.6 Å². The highest BCUT2D eigenvalue weighted by Crippen LogP contribution is 2.11. The van der Waals surface area contributed by atoms with Crippen molar-refractivity contribution in [1.82, 2.24) is 4.98 Å². The molecule has 1 aromatic rings. The van der Waals surface area contributed by atoms with Gasteiger partial charge in [-0.1, -0.05) is 0 Å². The van der Waals surface area contributed by atoms with Crippen LogP contribution in [0.5, 0.6) is 0 Å². The third kappa shape index (κ3) is 1.25. The number of hydrogen-bond acceptors (Lipinski definition) is 3. The van der Waals surface area contributed by atoms with E-state index in [2.05, 4.69) is 4.98 Å². The van der Waals surface area contributed by atoms with Crippen molar-refractivity contribution >= 4 is 12.6 Å². The summed E-state index contributed by atoms with van der Waals surface area (Å²) in [6, 6.07) is 0. The van der Waals surface area contributed by atoms with E-state index in [1.54, 1.807) is 13.8 Å². The second kappa shape index (κ2) is 3.26. The Morgan fingerprint density at radius 1 is 1.25 bits per heavy atom. The molecular formula is C9H9NO2. The van der Waals surface area contributed by atoms with Gasteiger partial charge in [0.2, 0.25) is 0 Å². The van der Waals surface area contributed by atoms with Gasteiger partial charge in [0.05, 0.1) is 0 Å². The zero-order chi connectivity index (χ0) is 9.14. The van der Waals surface area contributed by atoms with Gasteiger partial charge in [-0.2, -0.15) is 0 Å². The van der Waals surface area contributed by atoms with E-state index in [9.17, 15) is 9.59 Å². The fraction of sp³-hybridized carbons (Fsp3) is 0.222. The number of carbonyl (C=O) groups excluding carboxylic acids is 2. The molecule has 0 fully saturated rings. The highest BCUT2D eigenvalue weighted by atomic mass is 16.1. The van der Waals surface area contributed by atoms with Crippen LogP contribution < -0.4 is 0 Å². The van der Waals surface area contributed by atoms with Crippen LogP contribution in [0, 0.1) is 13.8 Å². The Morgan fingerprint density at radius 2 is 1.92 bits per heavy atom. The lowest BCUT2D eigenvalue weighted by Crippen LogP contribution is -1.99. The lowest BCUT2D eigenvalue weighted by Gasteiger charge is -2.03. The molecule has 3 nitrogen and oxygen atoms in total. The first-order valence-corrected chi connectivity index (χ1v) is 3.57. The van der Waals surface area contributed by atoms with Gasteiger partial charge in [-0.15, -0.1) is 0 Å². The number of nitrogens with zero attached hydrogens (tertiary/aromatic N) is 1. The van der Waals surface area contributed by atoms with Crippen LogP contribution in [0.15, 0.2) is 6.20 Å². The van der Waals surface area contributed by atoms with Crippen molar-refractivity contribution in [2.75, 3.05) is 0 Å². The number of pyridine rings is 1. The predicted octanol–water partition coefficient (Wildman–Crippen LogP) is 1.32. The molecule has 0 aromatic carbocycles. The first-order chi connectivity index (χ1) is 5.70. The molecule has 0 bridgehead atoms. The number of aryl methyl sites for hydroxylation is 1. The molecule has 0 saturated carbocycles. The molecule has 0 saturated heterocycles. The third-order valence-electron chi connectivity index (χ3n) is 1.84. The van der Waals surface area contributed by atoms with Crippen molar-refractivity contribution in [3.05, 3.63) is 28.6 Å². The summed E-state index contributed by atoms with van der Waals surface area (Å²) >= 11 is 0. The number of aldehydes is 2. The predicted molar refractivity (Wildman–Crippen MR) is 44.5 cm³/mol. The molecule has 0 amide bonds. The maximum absolute atomic E-state index is 10.6. The molecule has 0 unspecified atom stereocenters. The van der Waals surface area contributed by atoms with Gasteiger partial charge < -0.3 is 0 Å². The largest absolute Gasteiger partial charge is 0.298 e. The van der Waals surface area contributed by atoms with Gasteiger partial charge in [-0.25, -0.2) is 0 Å². The van der Waals surface area contributed by atoms with Gasteiger partial charge in [0.15, 0.2) is 12.6 Å². The number of aromatic nitrogens is 1. The molecule has 62 valence electrons. The summed E-state index contributed by atoms with van der Waals surface area (Å²) in [6.07, 6.45) is 2.93. The van der Waals surface area contributed by atoms with Crippen LogP contribution >= 0.6 is 0 Å². The minimum Gasteiger partial charge on any atom is -0.298 e. The van der Waals surface area contributed by atoms with Crippen molar-refractivity contribution in [3.8, 4) is 0 Å². The minimum atomic E-state index is 0.336. The molecule has 12 heavy (non-hydrogen) atoms. The van der Waals surface area contributed by atoms with Crippen LogP contribution in [0.25, 0.3) is 0 Å². The highest BCUT2D eigenvalue weighted by molar-refractivity contribution is 5.85. The van der Waals surface area contributed by atoms with Gasteiger partial charge in [0.1, 0.15) is 5.69 Å². The van der Waals surface area contributed by atoms with Gasteiger partial charge in [-0.3, -0.25) is 14.6 Å². The summed E-state index contributed by atoms with van der Waals surface area (Å²) in [5.41, 5.74) is 2.35. The maximum atomic E-state index is 10.6. The molecule has 0 aliphatic carbocycles. The molecule has 3 heteroatoms. The summed E-state index contributed by atoms with van der Waals surface area (Å²) in [5.74, 6) is 0. The van der Waals surface area contributed by atoms with Gasteiger partial charge in [0, 0.05) is 11.8 Å². The summed E-state index contributed by atoms with van der Waals surface area (Å²) < 4.78 is 0. The zero-order valence-corrected chi connectivity index (χ0v) is 7.00. The van der Waals surface area contributed by atoms with E-state index in [4.69, 9.17) is 0 Å². The normalized spacial score (nSPS) is 9.50. The SMILES string of the molecule is Cc1cnc(C=O)c(C)c1C=O. The van der Waals surface area contributed by atoms with Crippen LogP contribution in [0.4, 0.5) is 0 Å². The van der Waals surface area contributed by atoms with E-state index in [1.165, 1.54) is 6.20 Å². The van der Waals surface area contributed by atoms with Crippen LogP contribution in [0.1, 0.15) is 32.0 Å². The molecule has 1 rings (SSSR count). The molecular weight excluding hydrogens is 154 g/mol. The Morgan fingerprint density at radius 3 is 2.42 bits per heavy atom. The van der Waals surface area contributed by atoms with E-state index < -0.39 is 0 Å². The number of carbonyl (C=O) groups is 2. The van der Waals surface area contributed by atoms with Crippen molar-refractivity contribution in [3.63, 3.8) is 0 Å². The monoisotopic (exact) mass is 163 g/mol. The Balaban J connectivity index is 3.43. The lowest BCUT2D eigenvalue weighted by atomic mass is 10.1. The molecule has 0 aliphatic heterocycles. The zero-order valence-electron chi connectivity index (χ0n) is 7.00. The Kier molecular flexibility index (Phi) is 2.33. The standard InChI is InChI=1S/C9H9NO2/c1-6-3-10-9(5-12)7(2)8(6)4-11/h3-5H,1-2H3. The average Bonchev–Trinajstić information content (AvgIpc) is 2.06. The first-order valence-electron chi connectivity index (χ1n) is 3.57. The molecule has 0 spiro atoms. The van der Waals surface area contributed by atoms with Crippen LogP contribution in [0.2, 0.25) is 0 Å². The molecule has 0 atom stereocenters. The average molecular weight is 163 g/mol. The van der Waals surface area contributed by atoms with Crippen LogP contribution in [0.3, 0.4) is 0 Å². The van der Waals surface area contributed by atoms with E-state index in [-0.39, 0.29) is 0 Å². The topological polar surface area (TPSA) is 47.0 Å². The molecule has 0 aliphatic rings. The fourth-order valence-electron chi connectivity index (χ4n) is 1.07. The van der Waals surface area contributed by atoms with Gasteiger partial charge in [-0.05, 0) is 25.0 Å². The van der Waals surface area contributed by atoms with E-state index in [1.807, 2.05) is 0 Å².